The van der Waals surface area contributed by atoms with E-state index in [1.807, 2.05) is 0 Å². The summed E-state index contributed by atoms with van der Waals surface area (Å²) in [4.78, 5) is 0. The molecule has 0 aromatic rings. The van der Waals surface area contributed by atoms with Gasteiger partial charge in [0, 0.05) is 5.38 Å². The molecule has 1 fully saturated rings. The lowest BCUT2D eigenvalue weighted by Gasteiger charge is -2.23. The lowest BCUT2D eigenvalue weighted by molar-refractivity contribution is 0.327. The second kappa shape index (κ2) is 11.3. The van der Waals surface area contributed by atoms with Crippen LogP contribution in [0.1, 0.15) is 91.9 Å². The Morgan fingerprint density at radius 2 is 1.74 bits per heavy atom. The highest BCUT2D eigenvalue weighted by molar-refractivity contribution is 6.21. The smallest absolute Gasteiger partial charge is 0.0373 e. The minimum absolute atomic E-state index is 0.369. The van der Waals surface area contributed by atoms with Crippen LogP contribution in [-0.2, 0) is 0 Å². The van der Waals surface area contributed by atoms with E-state index in [1.165, 1.54) is 57.8 Å². The molecule has 1 rings (SSSR count). The van der Waals surface area contributed by atoms with Crippen molar-refractivity contribution in [1.82, 2.24) is 0 Å². The molecule has 1 aliphatic carbocycles. The van der Waals surface area contributed by atoms with Crippen LogP contribution < -0.4 is 0 Å². The number of hydrogen-bond acceptors (Lipinski definition) is 0. The molecule has 0 heterocycles. The normalized spacial score (nSPS) is 25.9. The molecule has 2 unspecified atom stereocenters. The zero-order valence-corrected chi connectivity index (χ0v) is 16.7. The third-order valence-electron chi connectivity index (χ3n) is 5.35. The van der Waals surface area contributed by atoms with Crippen molar-refractivity contribution in [2.24, 2.45) is 17.3 Å². The van der Waals surface area contributed by atoms with Crippen molar-refractivity contribution in [1.29, 1.82) is 0 Å². The molecule has 0 spiro atoms. The highest BCUT2D eigenvalue weighted by atomic mass is 35.5. The molecule has 1 saturated carbocycles. The molecule has 0 aromatic heterocycles. The van der Waals surface area contributed by atoms with Crippen LogP contribution in [0.4, 0.5) is 0 Å². The van der Waals surface area contributed by atoms with Crippen LogP contribution >= 0.6 is 11.6 Å². The Balaban J connectivity index is 2.44. The highest BCUT2D eigenvalue weighted by Gasteiger charge is 2.32. The standard InChI is InChI=1S/C22H39Cl/c1-5-7-9-10-11-14-20-19(15-16-21(20)23)13-12-18-22(3,4)17-8-6-2/h10-13,19-21H,5-9,14-18H2,1-4H3/b11-10-,13-12+/t19?,20-,21?/m1/s1. The minimum Gasteiger partial charge on any atom is -0.123 e. The van der Waals surface area contributed by atoms with Crippen molar-refractivity contribution in [2.45, 2.75) is 97.3 Å². The van der Waals surface area contributed by atoms with E-state index < -0.39 is 0 Å². The molecule has 0 N–H and O–H groups in total. The average molecular weight is 339 g/mol. The van der Waals surface area contributed by atoms with E-state index in [0.717, 1.165) is 6.42 Å². The first-order valence-electron chi connectivity index (χ1n) is 9.96. The summed E-state index contributed by atoms with van der Waals surface area (Å²) in [6.07, 6.45) is 22.3. The van der Waals surface area contributed by atoms with E-state index >= 15 is 0 Å². The van der Waals surface area contributed by atoms with Gasteiger partial charge in [-0.1, -0.05) is 77.7 Å². The molecule has 0 saturated heterocycles. The van der Waals surface area contributed by atoms with E-state index in [0.29, 0.717) is 22.6 Å². The van der Waals surface area contributed by atoms with Crippen molar-refractivity contribution in [3.63, 3.8) is 0 Å². The quantitative estimate of drug-likeness (QED) is 0.204. The molecular weight excluding hydrogens is 300 g/mol. The topological polar surface area (TPSA) is 0 Å². The van der Waals surface area contributed by atoms with Gasteiger partial charge in [-0.15, -0.1) is 11.6 Å². The molecule has 1 heteroatoms. The number of hydrogen-bond donors (Lipinski definition) is 0. The molecule has 0 bridgehead atoms. The van der Waals surface area contributed by atoms with Gasteiger partial charge in [0.25, 0.3) is 0 Å². The Kier molecular flexibility index (Phi) is 10.3. The van der Waals surface area contributed by atoms with Crippen LogP contribution in [-0.4, -0.2) is 5.38 Å². The van der Waals surface area contributed by atoms with Crippen molar-refractivity contribution in [3.05, 3.63) is 24.3 Å². The predicted octanol–water partition coefficient (Wildman–Crippen LogP) is 7.92. The molecular formula is C22H39Cl. The van der Waals surface area contributed by atoms with Gasteiger partial charge in [0.05, 0.1) is 0 Å². The van der Waals surface area contributed by atoms with Gasteiger partial charge in [0.15, 0.2) is 0 Å². The fourth-order valence-electron chi connectivity index (χ4n) is 3.62. The maximum absolute atomic E-state index is 6.58. The van der Waals surface area contributed by atoms with E-state index in [9.17, 15) is 0 Å². The van der Waals surface area contributed by atoms with E-state index in [-0.39, 0.29) is 0 Å². The lowest BCUT2D eigenvalue weighted by Crippen LogP contribution is -2.13. The summed E-state index contributed by atoms with van der Waals surface area (Å²) in [5.41, 5.74) is 0.445. The Morgan fingerprint density at radius 1 is 1.00 bits per heavy atom. The SMILES string of the molecule is CCCC/C=C\C[C@H]1C(Cl)CCC1/C=C/CC(C)(C)CCCC. The second-order valence-corrected chi connectivity index (χ2v) is 8.73. The second-order valence-electron chi connectivity index (χ2n) is 8.17. The molecule has 0 aliphatic heterocycles. The largest absolute Gasteiger partial charge is 0.123 e. The fraction of sp³-hybridized carbons (Fsp3) is 0.818. The zero-order valence-electron chi connectivity index (χ0n) is 16.0. The molecule has 0 radical (unpaired) electrons. The monoisotopic (exact) mass is 338 g/mol. The van der Waals surface area contributed by atoms with Crippen LogP contribution in [0, 0.1) is 17.3 Å². The molecule has 0 amide bonds. The first-order chi connectivity index (χ1) is 11.0. The van der Waals surface area contributed by atoms with Gasteiger partial charge >= 0.3 is 0 Å². The Morgan fingerprint density at radius 3 is 2.43 bits per heavy atom. The summed E-state index contributed by atoms with van der Waals surface area (Å²) in [6, 6.07) is 0. The summed E-state index contributed by atoms with van der Waals surface area (Å²) in [5, 5.41) is 0.369. The summed E-state index contributed by atoms with van der Waals surface area (Å²) < 4.78 is 0. The molecule has 0 aromatic carbocycles. The average Bonchev–Trinajstić information content (AvgIpc) is 2.86. The lowest BCUT2D eigenvalue weighted by atomic mass is 9.83. The van der Waals surface area contributed by atoms with Gasteiger partial charge in [-0.05, 0) is 55.8 Å². The van der Waals surface area contributed by atoms with Gasteiger partial charge in [0.1, 0.15) is 0 Å². The summed E-state index contributed by atoms with van der Waals surface area (Å²) in [6.45, 7) is 9.34. The summed E-state index contributed by atoms with van der Waals surface area (Å²) >= 11 is 6.58. The first-order valence-corrected chi connectivity index (χ1v) is 10.4. The van der Waals surface area contributed by atoms with Gasteiger partial charge in [0.2, 0.25) is 0 Å². The third-order valence-corrected chi connectivity index (χ3v) is 5.89. The molecule has 3 atom stereocenters. The van der Waals surface area contributed by atoms with Crippen LogP contribution in [0.5, 0.6) is 0 Å². The molecule has 134 valence electrons. The summed E-state index contributed by atoms with van der Waals surface area (Å²) in [7, 11) is 0. The molecule has 0 nitrogen and oxygen atoms in total. The Labute approximate surface area is 150 Å². The van der Waals surface area contributed by atoms with E-state index in [2.05, 4.69) is 52.0 Å². The fourth-order valence-corrected chi connectivity index (χ4v) is 4.04. The Bertz CT molecular complexity index is 353. The zero-order chi connectivity index (χ0) is 17.1. The van der Waals surface area contributed by atoms with E-state index in [1.54, 1.807) is 0 Å². The highest BCUT2D eigenvalue weighted by Crippen LogP contribution is 2.39. The Hall–Kier alpha value is -0.230. The van der Waals surface area contributed by atoms with Crippen LogP contribution in [0.3, 0.4) is 0 Å². The maximum Gasteiger partial charge on any atom is 0.0373 e. The van der Waals surface area contributed by atoms with Gasteiger partial charge in [-0.25, -0.2) is 0 Å². The third kappa shape index (κ3) is 8.43. The van der Waals surface area contributed by atoms with Crippen molar-refractivity contribution >= 4 is 11.6 Å². The van der Waals surface area contributed by atoms with Gasteiger partial charge < -0.3 is 0 Å². The maximum atomic E-state index is 6.58. The number of rotatable bonds is 11. The number of halogens is 1. The molecule has 23 heavy (non-hydrogen) atoms. The number of allylic oxidation sites excluding steroid dienone is 4. The molecule has 1 aliphatic rings. The van der Waals surface area contributed by atoms with Crippen molar-refractivity contribution in [2.75, 3.05) is 0 Å². The first kappa shape index (κ1) is 20.8. The van der Waals surface area contributed by atoms with Crippen LogP contribution in [0.15, 0.2) is 24.3 Å². The van der Waals surface area contributed by atoms with E-state index in [4.69, 9.17) is 11.6 Å². The number of unbranched alkanes of at least 4 members (excludes halogenated alkanes) is 3. The predicted molar refractivity (Wildman–Crippen MR) is 106 cm³/mol. The van der Waals surface area contributed by atoms with Crippen molar-refractivity contribution in [3.8, 4) is 0 Å². The van der Waals surface area contributed by atoms with Crippen LogP contribution in [0.2, 0.25) is 0 Å². The van der Waals surface area contributed by atoms with Gasteiger partial charge in [-0.3, -0.25) is 0 Å². The van der Waals surface area contributed by atoms with Gasteiger partial charge in [-0.2, -0.15) is 0 Å². The summed E-state index contributed by atoms with van der Waals surface area (Å²) in [5.74, 6) is 1.33. The minimum atomic E-state index is 0.369. The number of alkyl halides is 1. The van der Waals surface area contributed by atoms with Crippen LogP contribution in [0.25, 0.3) is 0 Å². The van der Waals surface area contributed by atoms with Crippen molar-refractivity contribution < 1.29 is 0 Å².